The molecule has 0 spiro atoms. The van der Waals surface area contributed by atoms with E-state index in [2.05, 4.69) is 16.2 Å². The number of nitriles is 1. The van der Waals surface area contributed by atoms with Crippen molar-refractivity contribution in [3.63, 3.8) is 0 Å². The van der Waals surface area contributed by atoms with Crippen LogP contribution >= 0.6 is 11.3 Å². The van der Waals surface area contributed by atoms with Crippen molar-refractivity contribution >= 4 is 32.8 Å². The zero-order valence-electron chi connectivity index (χ0n) is 13.8. The van der Waals surface area contributed by atoms with Gasteiger partial charge in [-0.25, -0.2) is 13.4 Å². The fourth-order valence-electron chi connectivity index (χ4n) is 2.97. The number of hydrogen-bond donors (Lipinski definition) is 0. The number of hydrogen-bond acceptors (Lipinski definition) is 6. The summed E-state index contributed by atoms with van der Waals surface area (Å²) in [4.78, 5) is 4.36. The molecule has 1 saturated heterocycles. The molecule has 0 unspecified atom stereocenters. The Morgan fingerprint density at radius 3 is 2.75 bits per heavy atom. The van der Waals surface area contributed by atoms with Crippen LogP contribution in [0.2, 0.25) is 0 Å². The van der Waals surface area contributed by atoms with Gasteiger partial charge in [0.25, 0.3) is 0 Å². The molecule has 0 bridgehead atoms. The van der Waals surface area contributed by atoms with Gasteiger partial charge in [0, 0.05) is 22.3 Å². The first kappa shape index (κ1) is 16.9. The molecule has 2 aromatic heterocycles. The lowest BCUT2D eigenvalue weighted by atomic mass is 10.1. The Morgan fingerprint density at radius 2 is 2.21 bits per heavy atom. The Hall–Kier alpha value is -1.98. The molecule has 3 rings (SSSR count). The minimum Gasteiger partial charge on any atom is -0.265 e. The van der Waals surface area contributed by atoms with Crippen LogP contribution in [0.3, 0.4) is 0 Å². The first-order chi connectivity index (χ1) is 11.3. The summed E-state index contributed by atoms with van der Waals surface area (Å²) in [7, 11) is -2.97. The first-order valence-electron chi connectivity index (χ1n) is 7.61. The molecule has 1 atom stereocenters. The minimum atomic E-state index is -2.97. The highest BCUT2D eigenvalue weighted by Gasteiger charge is 2.31. The van der Waals surface area contributed by atoms with E-state index < -0.39 is 9.84 Å². The van der Waals surface area contributed by atoms with Crippen LogP contribution in [0.1, 0.15) is 40.1 Å². The molecule has 0 radical (unpaired) electrons. The van der Waals surface area contributed by atoms with Crippen molar-refractivity contribution in [1.82, 2.24) is 14.8 Å². The maximum Gasteiger partial charge on any atom is 0.152 e. The van der Waals surface area contributed by atoms with Gasteiger partial charge in [0.2, 0.25) is 0 Å². The van der Waals surface area contributed by atoms with Crippen molar-refractivity contribution in [1.29, 1.82) is 5.26 Å². The van der Waals surface area contributed by atoms with Crippen LogP contribution in [-0.4, -0.2) is 34.7 Å². The summed E-state index contributed by atoms with van der Waals surface area (Å²) in [6.45, 7) is 5.68. The molecule has 2 aromatic rings. The van der Waals surface area contributed by atoms with Gasteiger partial charge in [-0.15, -0.1) is 11.3 Å². The maximum absolute atomic E-state index is 11.7. The van der Waals surface area contributed by atoms with Gasteiger partial charge in [-0.05, 0) is 33.3 Å². The molecule has 1 fully saturated rings. The van der Waals surface area contributed by atoms with Gasteiger partial charge < -0.3 is 0 Å². The molecule has 0 N–H and O–H groups in total. The normalized spacial score (nSPS) is 20.2. The summed E-state index contributed by atoms with van der Waals surface area (Å²) in [5.41, 5.74) is 3.92. The minimum absolute atomic E-state index is 0.122. The molecular formula is C16H18N4O2S2. The predicted octanol–water partition coefficient (Wildman–Crippen LogP) is 2.69. The van der Waals surface area contributed by atoms with Crippen LogP contribution in [0.15, 0.2) is 5.38 Å². The highest BCUT2D eigenvalue weighted by Crippen LogP contribution is 2.29. The Bertz CT molecular complexity index is 961. The predicted molar refractivity (Wildman–Crippen MR) is 94.3 cm³/mol. The SMILES string of the molecule is Cc1csc(/C(C#N)=C/c2c(C)nn([C@H]3CCS(=O)(=O)C3)c2C)n1. The van der Waals surface area contributed by atoms with Crippen LogP contribution in [0, 0.1) is 32.1 Å². The number of sulfone groups is 1. The van der Waals surface area contributed by atoms with Crippen molar-refractivity contribution in [2.24, 2.45) is 0 Å². The number of thiazole rings is 1. The number of allylic oxidation sites excluding steroid dienone is 1. The smallest absolute Gasteiger partial charge is 0.152 e. The molecule has 0 saturated carbocycles. The van der Waals surface area contributed by atoms with E-state index >= 15 is 0 Å². The third-order valence-corrected chi connectivity index (χ3v) is 6.94. The molecule has 3 heterocycles. The molecule has 0 aromatic carbocycles. The molecule has 1 aliphatic rings. The monoisotopic (exact) mass is 362 g/mol. The highest BCUT2D eigenvalue weighted by atomic mass is 32.2. The topological polar surface area (TPSA) is 88.6 Å². The van der Waals surface area contributed by atoms with Crippen molar-refractivity contribution in [2.75, 3.05) is 11.5 Å². The van der Waals surface area contributed by atoms with Crippen molar-refractivity contribution in [2.45, 2.75) is 33.2 Å². The average Bonchev–Trinajstić information content (AvgIpc) is 3.17. The molecule has 1 aliphatic heterocycles. The molecule has 24 heavy (non-hydrogen) atoms. The van der Waals surface area contributed by atoms with Gasteiger partial charge in [-0.2, -0.15) is 10.4 Å². The molecule has 126 valence electrons. The van der Waals surface area contributed by atoms with Crippen molar-refractivity contribution in [3.8, 4) is 6.07 Å². The van der Waals surface area contributed by atoms with E-state index in [9.17, 15) is 13.7 Å². The summed E-state index contributed by atoms with van der Waals surface area (Å²) < 4.78 is 25.3. The molecule has 0 amide bonds. The summed E-state index contributed by atoms with van der Waals surface area (Å²) >= 11 is 1.44. The van der Waals surface area contributed by atoms with E-state index in [0.717, 1.165) is 22.6 Å². The summed E-state index contributed by atoms with van der Waals surface area (Å²) in [5, 5.41) is 16.6. The zero-order chi connectivity index (χ0) is 17.5. The summed E-state index contributed by atoms with van der Waals surface area (Å²) in [6.07, 6.45) is 2.39. The Balaban J connectivity index is 2.00. The third kappa shape index (κ3) is 3.14. The van der Waals surface area contributed by atoms with Gasteiger partial charge >= 0.3 is 0 Å². The molecule has 0 aliphatic carbocycles. The quantitative estimate of drug-likeness (QED) is 0.783. The van der Waals surface area contributed by atoms with Crippen LogP contribution in [0.5, 0.6) is 0 Å². The second-order valence-electron chi connectivity index (χ2n) is 6.05. The van der Waals surface area contributed by atoms with Crippen molar-refractivity contribution < 1.29 is 8.42 Å². The second kappa shape index (κ2) is 6.15. The lowest BCUT2D eigenvalue weighted by Gasteiger charge is -2.11. The Kier molecular flexibility index (Phi) is 4.32. The average molecular weight is 362 g/mol. The largest absolute Gasteiger partial charge is 0.265 e. The Morgan fingerprint density at radius 1 is 1.46 bits per heavy atom. The molecule has 8 heteroatoms. The van der Waals surface area contributed by atoms with Gasteiger partial charge in [0.1, 0.15) is 11.1 Å². The van der Waals surface area contributed by atoms with Gasteiger partial charge in [-0.3, -0.25) is 4.68 Å². The number of rotatable bonds is 3. The van der Waals surface area contributed by atoms with Gasteiger partial charge in [0.15, 0.2) is 9.84 Å². The lowest BCUT2D eigenvalue weighted by molar-refractivity contribution is 0.486. The van der Waals surface area contributed by atoms with E-state index in [0.29, 0.717) is 17.0 Å². The fraction of sp³-hybridized carbons (Fsp3) is 0.438. The van der Waals surface area contributed by atoms with Crippen molar-refractivity contribution in [3.05, 3.63) is 33.0 Å². The third-order valence-electron chi connectivity index (χ3n) is 4.19. The highest BCUT2D eigenvalue weighted by molar-refractivity contribution is 7.91. The molecular weight excluding hydrogens is 344 g/mol. The number of aryl methyl sites for hydroxylation is 2. The number of aromatic nitrogens is 3. The Labute approximate surface area is 145 Å². The van der Waals surface area contributed by atoms with E-state index in [4.69, 9.17) is 0 Å². The molecule has 6 nitrogen and oxygen atoms in total. The lowest BCUT2D eigenvalue weighted by Crippen LogP contribution is -2.13. The zero-order valence-corrected chi connectivity index (χ0v) is 15.4. The van der Waals surface area contributed by atoms with E-state index in [1.165, 1.54) is 11.3 Å². The van der Waals surface area contributed by atoms with Gasteiger partial charge in [0.05, 0.1) is 28.8 Å². The van der Waals surface area contributed by atoms with Gasteiger partial charge in [-0.1, -0.05) is 0 Å². The first-order valence-corrected chi connectivity index (χ1v) is 10.3. The summed E-state index contributed by atoms with van der Waals surface area (Å²) in [6, 6.07) is 2.08. The van der Waals surface area contributed by atoms with Crippen LogP contribution in [0.4, 0.5) is 0 Å². The van der Waals surface area contributed by atoms with Crippen LogP contribution in [0.25, 0.3) is 11.6 Å². The standard InChI is InChI=1S/C16H18N4O2S2/c1-10-8-23-16(18-10)13(7-17)6-15-11(2)19-20(12(15)3)14-4-5-24(21,22)9-14/h6,8,14H,4-5,9H2,1-3H3/b13-6+/t14-/m0/s1. The summed E-state index contributed by atoms with van der Waals surface area (Å²) in [5.74, 6) is 0.345. The van der Waals surface area contributed by atoms with E-state index in [1.807, 2.05) is 26.2 Å². The number of nitrogens with zero attached hydrogens (tertiary/aromatic N) is 4. The maximum atomic E-state index is 11.7. The van der Waals surface area contributed by atoms with Crippen LogP contribution < -0.4 is 0 Å². The van der Waals surface area contributed by atoms with Crippen LogP contribution in [-0.2, 0) is 9.84 Å². The fourth-order valence-corrected chi connectivity index (χ4v) is 5.43. The van der Waals surface area contributed by atoms with E-state index in [-0.39, 0.29) is 17.5 Å². The van der Waals surface area contributed by atoms with E-state index in [1.54, 1.807) is 10.8 Å². The second-order valence-corrected chi connectivity index (χ2v) is 9.14.